The Morgan fingerprint density at radius 1 is 1.27 bits per heavy atom. The van der Waals surface area contributed by atoms with Gasteiger partial charge in [0.25, 0.3) is 0 Å². The van der Waals surface area contributed by atoms with Gasteiger partial charge in [0.2, 0.25) is 0 Å². The van der Waals surface area contributed by atoms with Crippen molar-refractivity contribution >= 4 is 5.78 Å². The van der Waals surface area contributed by atoms with E-state index in [-0.39, 0.29) is 12.0 Å². The van der Waals surface area contributed by atoms with E-state index in [1.807, 2.05) is 0 Å². The number of ether oxygens (including phenoxy) is 1. The van der Waals surface area contributed by atoms with Crippen LogP contribution in [-0.2, 0) is 9.53 Å². The summed E-state index contributed by atoms with van der Waals surface area (Å²) in [6, 6.07) is 0. The third kappa shape index (κ3) is 2.92. The minimum Gasteiger partial charge on any atom is -0.394 e. The molecule has 26 heavy (non-hydrogen) atoms. The molecule has 3 nitrogen and oxygen atoms in total. The molecule has 0 spiro atoms. The van der Waals surface area contributed by atoms with Crippen LogP contribution >= 0.6 is 0 Å². The van der Waals surface area contributed by atoms with E-state index in [4.69, 9.17) is 9.84 Å². The summed E-state index contributed by atoms with van der Waals surface area (Å²) in [6.45, 7) is 6.86. The van der Waals surface area contributed by atoms with Gasteiger partial charge in [-0.15, -0.1) is 6.58 Å². The zero-order chi connectivity index (χ0) is 18.3. The average Bonchev–Trinajstić information content (AvgIpc) is 2.94. The highest BCUT2D eigenvalue weighted by atomic mass is 16.5. The van der Waals surface area contributed by atoms with Gasteiger partial charge in [-0.05, 0) is 75.0 Å². The topological polar surface area (TPSA) is 46.5 Å². The van der Waals surface area contributed by atoms with Crippen LogP contribution in [0.3, 0.4) is 0 Å². The molecule has 6 atom stereocenters. The maximum absolute atomic E-state index is 12.7. The molecule has 0 heterocycles. The second-order valence-corrected chi connectivity index (χ2v) is 9.26. The SMILES string of the molecule is C=CCC1CC2(C)C(=O)CCC2C2CCC3CC(OCCO)CCC3=C12. The fourth-order valence-corrected chi connectivity index (χ4v) is 6.94. The van der Waals surface area contributed by atoms with Gasteiger partial charge in [0.05, 0.1) is 19.3 Å². The lowest BCUT2D eigenvalue weighted by molar-refractivity contribution is -0.129. The van der Waals surface area contributed by atoms with E-state index in [2.05, 4.69) is 19.6 Å². The van der Waals surface area contributed by atoms with E-state index in [9.17, 15) is 4.79 Å². The molecule has 0 aromatic heterocycles. The Labute approximate surface area is 157 Å². The number of carbonyl (C=O) groups excluding carboxylic acids is 1. The molecule has 144 valence electrons. The second-order valence-electron chi connectivity index (χ2n) is 9.26. The highest BCUT2D eigenvalue weighted by Crippen LogP contribution is 2.61. The lowest BCUT2D eigenvalue weighted by Crippen LogP contribution is -2.45. The van der Waals surface area contributed by atoms with Gasteiger partial charge in [-0.3, -0.25) is 4.79 Å². The first kappa shape index (κ1) is 18.4. The molecule has 3 fully saturated rings. The molecule has 0 aliphatic heterocycles. The van der Waals surface area contributed by atoms with E-state index in [1.165, 1.54) is 12.8 Å². The Morgan fingerprint density at radius 2 is 2.12 bits per heavy atom. The van der Waals surface area contributed by atoms with Crippen molar-refractivity contribution in [2.24, 2.45) is 29.1 Å². The molecule has 4 aliphatic carbocycles. The first-order valence-corrected chi connectivity index (χ1v) is 10.7. The molecule has 4 aliphatic rings. The van der Waals surface area contributed by atoms with Crippen molar-refractivity contribution in [3.63, 3.8) is 0 Å². The summed E-state index contributed by atoms with van der Waals surface area (Å²) >= 11 is 0. The maximum atomic E-state index is 12.7. The first-order chi connectivity index (χ1) is 12.6. The summed E-state index contributed by atoms with van der Waals surface area (Å²) in [4.78, 5) is 12.7. The maximum Gasteiger partial charge on any atom is 0.139 e. The lowest BCUT2D eigenvalue weighted by Gasteiger charge is -2.51. The molecule has 4 rings (SSSR count). The molecule has 6 unspecified atom stereocenters. The van der Waals surface area contributed by atoms with Crippen LogP contribution in [0, 0.1) is 29.1 Å². The minimum absolute atomic E-state index is 0.0866. The van der Waals surface area contributed by atoms with Crippen LogP contribution in [0.4, 0.5) is 0 Å². The van der Waals surface area contributed by atoms with Crippen LogP contribution in [0.5, 0.6) is 0 Å². The predicted molar refractivity (Wildman–Crippen MR) is 103 cm³/mol. The predicted octanol–water partition coefficient (Wildman–Crippen LogP) is 4.45. The average molecular weight is 359 g/mol. The van der Waals surface area contributed by atoms with Crippen LogP contribution in [0.15, 0.2) is 23.8 Å². The Hall–Kier alpha value is -0.930. The van der Waals surface area contributed by atoms with Crippen LogP contribution < -0.4 is 0 Å². The molecule has 3 heteroatoms. The van der Waals surface area contributed by atoms with Crippen molar-refractivity contribution in [2.75, 3.05) is 13.2 Å². The van der Waals surface area contributed by atoms with Crippen LogP contribution in [0.2, 0.25) is 0 Å². The quantitative estimate of drug-likeness (QED) is 0.739. The number of carbonyl (C=O) groups is 1. The fourth-order valence-electron chi connectivity index (χ4n) is 6.94. The lowest BCUT2D eigenvalue weighted by atomic mass is 9.53. The summed E-state index contributed by atoms with van der Waals surface area (Å²) in [5.41, 5.74) is 3.37. The second kappa shape index (κ2) is 7.24. The molecule has 0 saturated heterocycles. The Kier molecular flexibility index (Phi) is 5.13. The molecule has 1 N–H and O–H groups in total. The molecular formula is C23H34O3. The molecule has 0 aromatic carbocycles. The van der Waals surface area contributed by atoms with Crippen molar-refractivity contribution < 1.29 is 14.6 Å². The third-order valence-electron chi connectivity index (χ3n) is 8.00. The zero-order valence-corrected chi connectivity index (χ0v) is 16.2. The third-order valence-corrected chi connectivity index (χ3v) is 8.00. The summed E-state index contributed by atoms with van der Waals surface area (Å²) < 4.78 is 5.86. The van der Waals surface area contributed by atoms with Crippen LogP contribution in [0.1, 0.15) is 64.7 Å². The fraction of sp³-hybridized carbons (Fsp3) is 0.783. The first-order valence-electron chi connectivity index (χ1n) is 10.7. The van der Waals surface area contributed by atoms with Gasteiger partial charge in [0.15, 0.2) is 0 Å². The van der Waals surface area contributed by atoms with Gasteiger partial charge in [-0.2, -0.15) is 0 Å². The monoisotopic (exact) mass is 358 g/mol. The molecule has 0 aromatic rings. The minimum atomic E-state index is -0.0866. The van der Waals surface area contributed by atoms with Gasteiger partial charge in [0, 0.05) is 11.8 Å². The number of allylic oxidation sites excluding steroid dienone is 3. The van der Waals surface area contributed by atoms with Crippen LogP contribution in [-0.4, -0.2) is 30.2 Å². The molecule has 0 radical (unpaired) electrons. The van der Waals surface area contributed by atoms with Crippen molar-refractivity contribution in [1.29, 1.82) is 0 Å². The van der Waals surface area contributed by atoms with E-state index < -0.39 is 0 Å². The number of ketones is 1. The van der Waals surface area contributed by atoms with Crippen molar-refractivity contribution in [2.45, 2.75) is 70.8 Å². The van der Waals surface area contributed by atoms with Gasteiger partial charge in [0.1, 0.15) is 5.78 Å². The van der Waals surface area contributed by atoms with E-state index in [0.29, 0.717) is 42.2 Å². The smallest absolute Gasteiger partial charge is 0.139 e. The number of hydrogen-bond donors (Lipinski definition) is 1. The number of aliphatic hydroxyl groups excluding tert-OH is 1. The van der Waals surface area contributed by atoms with Gasteiger partial charge >= 0.3 is 0 Å². The Balaban J connectivity index is 1.64. The summed E-state index contributed by atoms with van der Waals surface area (Å²) in [6.07, 6.45) is 12.2. The van der Waals surface area contributed by atoms with Crippen molar-refractivity contribution in [3.8, 4) is 0 Å². The van der Waals surface area contributed by atoms with E-state index in [1.54, 1.807) is 11.1 Å². The number of hydrogen-bond acceptors (Lipinski definition) is 3. The van der Waals surface area contributed by atoms with Gasteiger partial charge in [-0.1, -0.05) is 24.1 Å². The highest BCUT2D eigenvalue weighted by Gasteiger charge is 2.56. The Bertz CT molecular complexity index is 607. The highest BCUT2D eigenvalue weighted by molar-refractivity contribution is 5.87. The van der Waals surface area contributed by atoms with E-state index in [0.717, 1.165) is 44.9 Å². The summed E-state index contributed by atoms with van der Waals surface area (Å²) in [5, 5.41) is 9.04. The normalized spacial score (nSPS) is 42.2. The van der Waals surface area contributed by atoms with Gasteiger partial charge < -0.3 is 9.84 Å². The summed E-state index contributed by atoms with van der Waals surface area (Å²) in [7, 11) is 0. The largest absolute Gasteiger partial charge is 0.394 e. The van der Waals surface area contributed by atoms with Gasteiger partial charge in [-0.25, -0.2) is 0 Å². The van der Waals surface area contributed by atoms with Crippen molar-refractivity contribution in [3.05, 3.63) is 23.8 Å². The van der Waals surface area contributed by atoms with Crippen molar-refractivity contribution in [1.82, 2.24) is 0 Å². The standard InChI is InChI=1S/C23H34O3/c1-3-4-16-14-23(2)20(9-10-21(23)25)19-7-5-15-13-17(26-12-11-24)6-8-18(15)22(16)19/h3,15-17,19-20,24H,1,4-14H2,2H3. The molecule has 0 bridgehead atoms. The van der Waals surface area contributed by atoms with E-state index >= 15 is 0 Å². The summed E-state index contributed by atoms with van der Waals surface area (Å²) in [5.74, 6) is 2.90. The molecule has 0 amide bonds. The Morgan fingerprint density at radius 3 is 2.88 bits per heavy atom. The number of Topliss-reactive ketones (excluding diaryl/α,β-unsaturated/α-hetero) is 1. The molecule has 3 saturated carbocycles. The zero-order valence-electron chi connectivity index (χ0n) is 16.2. The number of fused-ring (bicyclic) bond motifs is 4. The number of aliphatic hydroxyl groups is 1. The van der Waals surface area contributed by atoms with Crippen LogP contribution in [0.25, 0.3) is 0 Å². The number of rotatable bonds is 5. The molecular weight excluding hydrogens is 324 g/mol.